The lowest BCUT2D eigenvalue weighted by molar-refractivity contribution is -0.119. The van der Waals surface area contributed by atoms with Gasteiger partial charge in [-0.05, 0) is 78.2 Å². The number of halogens is 2. The van der Waals surface area contributed by atoms with Gasteiger partial charge in [-0.15, -0.1) is 0 Å². The Hall–Kier alpha value is -3.79. The molecular formula is C38H40BrClN4O4. The zero-order valence-electron chi connectivity index (χ0n) is 27.3. The maximum absolute atomic E-state index is 11.6. The molecule has 10 heteroatoms. The first-order chi connectivity index (χ1) is 23.3. The Balaban J connectivity index is 1.20. The van der Waals surface area contributed by atoms with Crippen LogP contribution in [0.5, 0.6) is 11.8 Å². The van der Waals surface area contributed by atoms with E-state index in [-0.39, 0.29) is 11.9 Å². The summed E-state index contributed by atoms with van der Waals surface area (Å²) >= 11 is 11.0. The molecule has 0 radical (unpaired) electrons. The second-order valence-electron chi connectivity index (χ2n) is 12.5. The minimum Gasteiger partial charge on any atom is -0.481 e. The molecule has 4 aromatic rings. The quantitative estimate of drug-likeness (QED) is 0.144. The van der Waals surface area contributed by atoms with Gasteiger partial charge in [0.25, 0.3) is 0 Å². The van der Waals surface area contributed by atoms with Crippen LogP contribution in [0.25, 0.3) is 33.6 Å². The first-order valence-electron chi connectivity index (χ1n) is 16.5. The highest BCUT2D eigenvalue weighted by atomic mass is 79.9. The number of nitrogens with zero attached hydrogens (tertiary/aromatic N) is 2. The number of ketones is 1. The summed E-state index contributed by atoms with van der Waals surface area (Å²) < 4.78 is 12.3. The Kier molecular flexibility index (Phi) is 11.1. The summed E-state index contributed by atoms with van der Waals surface area (Å²) in [5.74, 6) is 2.05. The van der Waals surface area contributed by atoms with Crippen molar-refractivity contribution in [2.24, 2.45) is 5.92 Å². The predicted octanol–water partition coefficient (Wildman–Crippen LogP) is 7.97. The van der Waals surface area contributed by atoms with Crippen LogP contribution in [0.4, 0.5) is 0 Å². The molecule has 1 saturated heterocycles. The first kappa shape index (κ1) is 34.1. The van der Waals surface area contributed by atoms with Crippen LogP contribution in [0.1, 0.15) is 56.1 Å². The van der Waals surface area contributed by atoms with E-state index in [1.165, 1.54) is 0 Å². The number of rotatable bonds is 13. The zero-order valence-corrected chi connectivity index (χ0v) is 29.6. The van der Waals surface area contributed by atoms with Crippen molar-refractivity contribution in [1.82, 2.24) is 20.6 Å². The first-order valence-corrected chi connectivity index (χ1v) is 17.7. The van der Waals surface area contributed by atoms with E-state index in [0.717, 1.165) is 87.9 Å². The summed E-state index contributed by atoms with van der Waals surface area (Å²) in [6, 6.07) is 20.4. The van der Waals surface area contributed by atoms with Crippen molar-refractivity contribution in [2.75, 3.05) is 20.8 Å². The molecule has 1 aliphatic carbocycles. The Morgan fingerprint density at radius 1 is 0.854 bits per heavy atom. The number of Topliss-reactive ketones (excluding diaryl/α,β-unsaturated/α-hetero) is 1. The average molecular weight is 732 g/mol. The average Bonchev–Trinajstić information content (AvgIpc) is 3.72. The van der Waals surface area contributed by atoms with E-state index >= 15 is 0 Å². The third kappa shape index (κ3) is 7.74. The van der Waals surface area contributed by atoms with Crippen LogP contribution >= 0.6 is 27.5 Å². The molecule has 3 heterocycles. The van der Waals surface area contributed by atoms with Crippen LogP contribution in [-0.2, 0) is 22.6 Å². The van der Waals surface area contributed by atoms with E-state index in [4.69, 9.17) is 31.0 Å². The van der Waals surface area contributed by atoms with Crippen LogP contribution in [-0.4, -0.2) is 48.5 Å². The highest BCUT2D eigenvalue weighted by Crippen LogP contribution is 2.42. The van der Waals surface area contributed by atoms with E-state index in [9.17, 15) is 9.59 Å². The molecule has 2 fully saturated rings. The lowest BCUT2D eigenvalue weighted by Crippen LogP contribution is -2.25. The minimum absolute atomic E-state index is 0.145. The van der Waals surface area contributed by atoms with Crippen molar-refractivity contribution in [3.05, 3.63) is 81.3 Å². The summed E-state index contributed by atoms with van der Waals surface area (Å²) in [6.07, 6.45) is 6.53. The Morgan fingerprint density at radius 3 is 2.21 bits per heavy atom. The van der Waals surface area contributed by atoms with Crippen LogP contribution in [0.2, 0.25) is 5.02 Å². The number of ether oxygens (including phenoxy) is 2. The summed E-state index contributed by atoms with van der Waals surface area (Å²) in [5.41, 5.74) is 7.02. The molecule has 6 rings (SSSR count). The lowest BCUT2D eigenvalue weighted by Gasteiger charge is -2.16. The predicted molar refractivity (Wildman–Crippen MR) is 192 cm³/mol. The van der Waals surface area contributed by atoms with Crippen molar-refractivity contribution in [2.45, 2.75) is 64.0 Å². The van der Waals surface area contributed by atoms with Gasteiger partial charge in [-0.25, -0.2) is 9.97 Å². The van der Waals surface area contributed by atoms with Gasteiger partial charge in [0.05, 0.1) is 30.6 Å². The topological polar surface area (TPSA) is 102 Å². The van der Waals surface area contributed by atoms with Gasteiger partial charge in [0, 0.05) is 64.1 Å². The van der Waals surface area contributed by atoms with Crippen molar-refractivity contribution in [3.8, 4) is 45.4 Å². The second-order valence-corrected chi connectivity index (χ2v) is 13.7. The lowest BCUT2D eigenvalue weighted by atomic mass is 9.98. The number of pyridine rings is 2. The number of hydrogen-bond acceptors (Lipinski definition) is 7. The third-order valence-corrected chi connectivity index (χ3v) is 10.5. The molecule has 1 aliphatic heterocycles. The number of benzene rings is 2. The van der Waals surface area contributed by atoms with Gasteiger partial charge in [-0.3, -0.25) is 9.59 Å². The van der Waals surface area contributed by atoms with E-state index in [1.54, 1.807) is 14.2 Å². The van der Waals surface area contributed by atoms with Crippen LogP contribution in [0.15, 0.2) is 65.1 Å². The number of aryl methyl sites for hydroxylation is 1. The Morgan fingerprint density at radius 2 is 1.52 bits per heavy atom. The number of carbonyl (C=O) groups is 2. The summed E-state index contributed by atoms with van der Waals surface area (Å²) in [5, 5.41) is 7.10. The maximum Gasteiger partial charge on any atom is 0.220 e. The standard InChI is InChI=1S/C38H40BrClN4O4/c1-47-37-24(6-3-7-26-15-19-34(46)42-26)13-17-33(44-37)31-11-5-9-29(36(31)40)28-8-4-10-30(35(28)39)32-18-14-25(38(43-32)48-2)22-41-21-23-12-16-27(45)20-23/h4-5,8-11,13-14,17-18,23,26,41H,3,6-7,12,15-16,19-22H2,1-2H3,(H,42,46)/t23-,26-/m0/s1. The molecule has 0 bridgehead atoms. The summed E-state index contributed by atoms with van der Waals surface area (Å²) in [7, 11) is 3.27. The smallest absolute Gasteiger partial charge is 0.220 e. The van der Waals surface area contributed by atoms with E-state index in [0.29, 0.717) is 54.3 Å². The number of aromatic nitrogens is 2. The molecule has 2 N–H and O–H groups in total. The van der Waals surface area contributed by atoms with Crippen molar-refractivity contribution in [3.63, 3.8) is 0 Å². The molecular weight excluding hydrogens is 692 g/mol. The Labute approximate surface area is 295 Å². The van der Waals surface area contributed by atoms with E-state index in [2.05, 4.69) is 32.6 Å². The number of methoxy groups -OCH3 is 2. The fourth-order valence-electron chi connectivity index (χ4n) is 6.70. The molecule has 250 valence electrons. The number of nitrogens with one attached hydrogen (secondary N) is 2. The summed E-state index contributed by atoms with van der Waals surface area (Å²) in [4.78, 5) is 32.9. The highest BCUT2D eigenvalue weighted by Gasteiger charge is 2.23. The normalized spacial score (nSPS) is 17.5. The molecule has 2 aromatic carbocycles. The second kappa shape index (κ2) is 15.6. The molecule has 2 atom stereocenters. The number of amides is 1. The monoisotopic (exact) mass is 730 g/mol. The van der Waals surface area contributed by atoms with Crippen molar-refractivity contribution >= 4 is 39.2 Å². The Bertz CT molecular complexity index is 1680. The zero-order chi connectivity index (χ0) is 33.6. The fraction of sp³-hybridized carbons (Fsp3) is 0.368. The molecule has 2 aliphatic rings. The molecule has 0 spiro atoms. The van der Waals surface area contributed by atoms with Gasteiger partial charge in [-0.2, -0.15) is 0 Å². The number of hydrogen-bond donors (Lipinski definition) is 2. The van der Waals surface area contributed by atoms with Crippen molar-refractivity contribution < 1.29 is 19.1 Å². The van der Waals surface area contributed by atoms with Crippen LogP contribution in [0, 0.1) is 5.92 Å². The minimum atomic E-state index is 0.145. The highest BCUT2D eigenvalue weighted by molar-refractivity contribution is 9.10. The van der Waals surface area contributed by atoms with Gasteiger partial charge in [0.1, 0.15) is 5.78 Å². The van der Waals surface area contributed by atoms with E-state index < -0.39 is 0 Å². The van der Waals surface area contributed by atoms with Gasteiger partial charge in [0.2, 0.25) is 17.7 Å². The number of carbonyl (C=O) groups excluding carboxylic acids is 2. The van der Waals surface area contributed by atoms with Crippen LogP contribution < -0.4 is 20.1 Å². The molecule has 1 saturated carbocycles. The van der Waals surface area contributed by atoms with Crippen molar-refractivity contribution in [1.29, 1.82) is 0 Å². The van der Waals surface area contributed by atoms with Gasteiger partial charge < -0.3 is 20.1 Å². The largest absolute Gasteiger partial charge is 0.481 e. The van der Waals surface area contributed by atoms with E-state index in [1.807, 2.05) is 54.6 Å². The molecule has 0 unspecified atom stereocenters. The van der Waals surface area contributed by atoms with Gasteiger partial charge >= 0.3 is 0 Å². The molecule has 2 aromatic heterocycles. The van der Waals surface area contributed by atoms with Crippen LogP contribution in [0.3, 0.4) is 0 Å². The molecule has 8 nitrogen and oxygen atoms in total. The van der Waals surface area contributed by atoms with Gasteiger partial charge in [-0.1, -0.05) is 60.1 Å². The van der Waals surface area contributed by atoms with Gasteiger partial charge in [0.15, 0.2) is 0 Å². The third-order valence-electron chi connectivity index (χ3n) is 9.28. The maximum atomic E-state index is 11.6. The fourth-order valence-corrected chi connectivity index (χ4v) is 7.71. The SMILES string of the molecule is COc1nc(-c2cccc(-c3cccc(-c4ccc(CNC[C@H]5CCC(=O)C5)c(OC)n4)c3Br)c2Cl)ccc1CCC[C@H]1CCC(=O)N1. The molecule has 1 amide bonds. The summed E-state index contributed by atoms with van der Waals surface area (Å²) in [6.45, 7) is 1.42. The molecule has 48 heavy (non-hydrogen) atoms.